The third-order valence-corrected chi connectivity index (χ3v) is 3.03. The summed E-state index contributed by atoms with van der Waals surface area (Å²) >= 11 is 0. The zero-order valence-electron chi connectivity index (χ0n) is 12.6. The number of carbonyl (C=O) groups is 1. The number of hydrogen-bond acceptors (Lipinski definition) is 5. The van der Waals surface area contributed by atoms with Crippen molar-refractivity contribution in [3.05, 3.63) is 30.0 Å². The molecule has 2 rings (SSSR count). The van der Waals surface area contributed by atoms with Crippen LogP contribution in [-0.4, -0.2) is 29.4 Å². The van der Waals surface area contributed by atoms with E-state index in [1.165, 1.54) is 0 Å². The molecule has 0 aliphatic heterocycles. The Hall–Kier alpha value is -2.17. The third-order valence-electron chi connectivity index (χ3n) is 3.03. The van der Waals surface area contributed by atoms with Crippen LogP contribution in [0.2, 0.25) is 0 Å². The van der Waals surface area contributed by atoms with Crippen LogP contribution in [0.5, 0.6) is 5.75 Å². The molecule has 1 heterocycles. The van der Waals surface area contributed by atoms with Gasteiger partial charge in [-0.2, -0.15) is 0 Å². The zero-order valence-corrected chi connectivity index (χ0v) is 12.6. The van der Waals surface area contributed by atoms with Crippen LogP contribution >= 0.6 is 0 Å². The van der Waals surface area contributed by atoms with Crippen molar-refractivity contribution in [2.45, 2.75) is 27.2 Å². The molecule has 0 unspecified atom stereocenters. The summed E-state index contributed by atoms with van der Waals surface area (Å²) in [5.74, 6) is 0.479. The lowest BCUT2D eigenvalue weighted by molar-refractivity contribution is 0.0513. The maximum atomic E-state index is 12.0. The zero-order chi connectivity index (χ0) is 15.2. The van der Waals surface area contributed by atoms with E-state index in [-0.39, 0.29) is 5.69 Å². The van der Waals surface area contributed by atoms with Crippen molar-refractivity contribution in [3.8, 4) is 5.75 Å². The first-order valence-corrected chi connectivity index (χ1v) is 7.18. The molecule has 0 N–H and O–H groups in total. The van der Waals surface area contributed by atoms with Gasteiger partial charge in [0.05, 0.1) is 18.7 Å². The Morgan fingerprint density at radius 1 is 1.24 bits per heavy atom. The molecule has 0 fully saturated rings. The van der Waals surface area contributed by atoms with E-state index in [1.54, 1.807) is 6.92 Å². The van der Waals surface area contributed by atoms with Gasteiger partial charge < -0.3 is 9.47 Å². The first kappa shape index (κ1) is 15.2. The minimum Gasteiger partial charge on any atom is -0.490 e. The van der Waals surface area contributed by atoms with Gasteiger partial charge in [-0.3, -0.25) is 0 Å². The summed E-state index contributed by atoms with van der Waals surface area (Å²) in [6.07, 6.45) is 0.902. The molecule has 0 aliphatic rings. The van der Waals surface area contributed by atoms with Gasteiger partial charge in [-0.1, -0.05) is 26.0 Å². The van der Waals surface area contributed by atoms with E-state index in [2.05, 4.69) is 24.0 Å². The molecule has 1 aromatic heterocycles. The van der Waals surface area contributed by atoms with Crippen LogP contribution < -0.4 is 4.74 Å². The molecule has 21 heavy (non-hydrogen) atoms. The van der Waals surface area contributed by atoms with Crippen molar-refractivity contribution >= 4 is 16.9 Å². The predicted molar refractivity (Wildman–Crippen MR) is 80.4 cm³/mol. The summed E-state index contributed by atoms with van der Waals surface area (Å²) in [7, 11) is 0. The first-order chi connectivity index (χ1) is 10.1. The number of fused-ring (bicyclic) bond motifs is 1. The molecule has 0 atom stereocenters. The lowest BCUT2D eigenvalue weighted by Gasteiger charge is -2.13. The van der Waals surface area contributed by atoms with Crippen molar-refractivity contribution < 1.29 is 14.3 Å². The van der Waals surface area contributed by atoms with Gasteiger partial charge in [0.1, 0.15) is 0 Å². The second-order valence-corrected chi connectivity index (χ2v) is 5.15. The molecule has 5 nitrogen and oxygen atoms in total. The minimum absolute atomic E-state index is 0.138. The second kappa shape index (κ2) is 7.02. The average Bonchev–Trinajstić information content (AvgIpc) is 2.47. The van der Waals surface area contributed by atoms with Gasteiger partial charge in [0.15, 0.2) is 5.75 Å². The van der Waals surface area contributed by atoms with Crippen LogP contribution in [0.4, 0.5) is 0 Å². The number of esters is 1. The maximum absolute atomic E-state index is 12.0. The Labute approximate surface area is 124 Å². The number of ether oxygens (including phenoxy) is 2. The largest absolute Gasteiger partial charge is 0.490 e. The smallest absolute Gasteiger partial charge is 0.362 e. The Balaban J connectivity index is 2.39. The SMILES string of the molecule is CCOC(=O)c1nnc2ccccc2c1OCCC(C)C. The fourth-order valence-corrected chi connectivity index (χ4v) is 1.91. The Morgan fingerprint density at radius 3 is 2.71 bits per heavy atom. The number of carbonyl (C=O) groups excluding carboxylic acids is 1. The van der Waals surface area contributed by atoms with Crippen molar-refractivity contribution in [2.24, 2.45) is 5.92 Å². The molecule has 5 heteroatoms. The topological polar surface area (TPSA) is 61.3 Å². The Morgan fingerprint density at radius 2 is 2.00 bits per heavy atom. The monoisotopic (exact) mass is 288 g/mol. The fraction of sp³-hybridized carbons (Fsp3) is 0.438. The highest BCUT2D eigenvalue weighted by Crippen LogP contribution is 2.27. The second-order valence-electron chi connectivity index (χ2n) is 5.15. The van der Waals surface area contributed by atoms with Crippen LogP contribution in [0.15, 0.2) is 24.3 Å². The van der Waals surface area contributed by atoms with Gasteiger partial charge in [0, 0.05) is 5.39 Å². The van der Waals surface area contributed by atoms with Gasteiger partial charge in [0.25, 0.3) is 0 Å². The molecule has 0 amide bonds. The van der Waals surface area contributed by atoms with E-state index in [9.17, 15) is 4.79 Å². The van der Waals surface area contributed by atoms with E-state index in [0.717, 1.165) is 11.8 Å². The standard InChI is InChI=1S/C16H20N2O3/c1-4-20-16(19)14-15(21-10-9-11(2)3)12-7-5-6-8-13(12)17-18-14/h5-8,11H,4,9-10H2,1-3H3. The summed E-state index contributed by atoms with van der Waals surface area (Å²) < 4.78 is 10.8. The molecule has 0 saturated heterocycles. The molecule has 0 bridgehead atoms. The van der Waals surface area contributed by atoms with Crippen molar-refractivity contribution in [2.75, 3.05) is 13.2 Å². The normalized spacial score (nSPS) is 10.9. The maximum Gasteiger partial charge on any atom is 0.362 e. The summed E-state index contributed by atoms with van der Waals surface area (Å²) in [6, 6.07) is 7.47. The highest BCUT2D eigenvalue weighted by Gasteiger charge is 2.20. The molecule has 0 spiro atoms. The van der Waals surface area contributed by atoms with Gasteiger partial charge in [-0.15, -0.1) is 10.2 Å². The number of hydrogen-bond donors (Lipinski definition) is 0. The van der Waals surface area contributed by atoms with Crippen LogP contribution in [0.3, 0.4) is 0 Å². The molecule has 112 valence electrons. The molecule has 0 aliphatic carbocycles. The van der Waals surface area contributed by atoms with Crippen molar-refractivity contribution in [3.63, 3.8) is 0 Å². The minimum atomic E-state index is -0.504. The molecule has 1 aromatic carbocycles. The lowest BCUT2D eigenvalue weighted by Crippen LogP contribution is -2.13. The van der Waals surface area contributed by atoms with E-state index < -0.39 is 5.97 Å². The first-order valence-electron chi connectivity index (χ1n) is 7.18. The van der Waals surface area contributed by atoms with Crippen LogP contribution in [0.25, 0.3) is 10.9 Å². The summed E-state index contributed by atoms with van der Waals surface area (Å²) in [5, 5.41) is 8.81. The van der Waals surface area contributed by atoms with Crippen molar-refractivity contribution in [1.82, 2.24) is 10.2 Å². The Bertz CT molecular complexity index is 626. The molecule has 2 aromatic rings. The molecular formula is C16H20N2O3. The van der Waals surface area contributed by atoms with E-state index in [0.29, 0.717) is 30.4 Å². The quantitative estimate of drug-likeness (QED) is 0.764. The summed E-state index contributed by atoms with van der Waals surface area (Å²) in [6.45, 7) is 6.82. The van der Waals surface area contributed by atoms with E-state index in [4.69, 9.17) is 9.47 Å². The fourth-order valence-electron chi connectivity index (χ4n) is 1.91. The van der Waals surface area contributed by atoms with Gasteiger partial charge in [0.2, 0.25) is 5.69 Å². The van der Waals surface area contributed by atoms with Gasteiger partial charge >= 0.3 is 5.97 Å². The lowest BCUT2D eigenvalue weighted by atomic mass is 10.1. The number of nitrogens with zero attached hydrogens (tertiary/aromatic N) is 2. The molecule has 0 saturated carbocycles. The third kappa shape index (κ3) is 3.68. The van der Waals surface area contributed by atoms with Gasteiger partial charge in [-0.25, -0.2) is 4.79 Å². The summed E-state index contributed by atoms with van der Waals surface area (Å²) in [5.41, 5.74) is 0.837. The van der Waals surface area contributed by atoms with Gasteiger partial charge in [-0.05, 0) is 31.4 Å². The van der Waals surface area contributed by atoms with Crippen molar-refractivity contribution in [1.29, 1.82) is 0 Å². The summed E-state index contributed by atoms with van der Waals surface area (Å²) in [4.78, 5) is 12.0. The molecular weight excluding hydrogens is 268 g/mol. The molecule has 0 radical (unpaired) electrons. The number of aromatic nitrogens is 2. The highest BCUT2D eigenvalue weighted by molar-refractivity contribution is 5.97. The Kier molecular flexibility index (Phi) is 5.09. The number of rotatable bonds is 6. The van der Waals surface area contributed by atoms with E-state index >= 15 is 0 Å². The highest BCUT2D eigenvalue weighted by atomic mass is 16.5. The predicted octanol–water partition coefficient (Wildman–Crippen LogP) is 3.23. The average molecular weight is 288 g/mol. The van der Waals surface area contributed by atoms with Crippen LogP contribution in [0, 0.1) is 5.92 Å². The number of benzene rings is 1. The van der Waals surface area contributed by atoms with Crippen LogP contribution in [0.1, 0.15) is 37.7 Å². The van der Waals surface area contributed by atoms with E-state index in [1.807, 2.05) is 24.3 Å². The van der Waals surface area contributed by atoms with Crippen LogP contribution in [-0.2, 0) is 4.74 Å².